The van der Waals surface area contributed by atoms with Crippen LogP contribution in [0.3, 0.4) is 0 Å². The van der Waals surface area contributed by atoms with Crippen LogP contribution in [-0.2, 0) is 9.09 Å². The molecule has 12 heavy (non-hydrogen) atoms. The predicted molar refractivity (Wildman–Crippen MR) is 43.6 cm³/mol. The number of phosphoric ester groups is 1. The normalized spacial score (nSPS) is 27.4. The Hall–Kier alpha value is 0.0700. The molecule has 0 radical (unpaired) electrons. The van der Waals surface area contributed by atoms with Crippen molar-refractivity contribution in [3.05, 3.63) is 0 Å². The lowest BCUT2D eigenvalue weighted by atomic mass is 10.1. The monoisotopic (exact) mass is 195 g/mol. The molecule has 0 unspecified atom stereocenters. The summed E-state index contributed by atoms with van der Waals surface area (Å²) in [5, 5.41) is 0. The Balaban J connectivity index is 2.37. The SMILES string of the molecule is CN1CCC[C@H](OP(=O)(O)O)C1. The Labute approximate surface area is 71.6 Å². The van der Waals surface area contributed by atoms with Gasteiger partial charge in [-0.2, -0.15) is 0 Å². The van der Waals surface area contributed by atoms with E-state index >= 15 is 0 Å². The van der Waals surface area contributed by atoms with E-state index in [1.807, 2.05) is 11.9 Å². The number of likely N-dealkylation sites (tertiary alicyclic amines) is 1. The number of rotatable bonds is 2. The summed E-state index contributed by atoms with van der Waals surface area (Å²) in [5.74, 6) is 0. The van der Waals surface area contributed by atoms with Crippen LogP contribution in [0.4, 0.5) is 0 Å². The Kier molecular flexibility index (Phi) is 3.26. The summed E-state index contributed by atoms with van der Waals surface area (Å²) in [6.07, 6.45) is 1.35. The summed E-state index contributed by atoms with van der Waals surface area (Å²) in [5.41, 5.74) is 0. The minimum atomic E-state index is -4.29. The lowest BCUT2D eigenvalue weighted by Gasteiger charge is -2.29. The quantitative estimate of drug-likeness (QED) is 0.615. The molecule has 0 bridgehead atoms. The van der Waals surface area contributed by atoms with Gasteiger partial charge in [-0.15, -0.1) is 0 Å². The maximum absolute atomic E-state index is 10.5. The molecule has 72 valence electrons. The first-order chi connectivity index (χ1) is 5.47. The lowest BCUT2D eigenvalue weighted by Crippen LogP contribution is -2.36. The molecule has 1 rings (SSSR count). The molecule has 1 saturated heterocycles. The summed E-state index contributed by atoms with van der Waals surface area (Å²) in [6.45, 7) is 1.58. The largest absolute Gasteiger partial charge is 0.469 e. The molecule has 0 aromatic carbocycles. The van der Waals surface area contributed by atoms with Crippen LogP contribution in [0.1, 0.15) is 12.8 Å². The lowest BCUT2D eigenvalue weighted by molar-refractivity contribution is 0.0722. The molecule has 2 N–H and O–H groups in total. The van der Waals surface area contributed by atoms with Gasteiger partial charge in [-0.3, -0.25) is 4.52 Å². The van der Waals surface area contributed by atoms with Crippen LogP contribution in [0, 0.1) is 0 Å². The summed E-state index contributed by atoms with van der Waals surface area (Å²) in [7, 11) is -2.38. The Morgan fingerprint density at radius 1 is 1.58 bits per heavy atom. The van der Waals surface area contributed by atoms with Gasteiger partial charge in [-0.1, -0.05) is 0 Å². The molecule has 1 heterocycles. The van der Waals surface area contributed by atoms with Gasteiger partial charge in [-0.25, -0.2) is 4.57 Å². The van der Waals surface area contributed by atoms with Gasteiger partial charge in [0.1, 0.15) is 0 Å². The summed E-state index contributed by atoms with van der Waals surface area (Å²) in [4.78, 5) is 19.1. The molecule has 5 nitrogen and oxygen atoms in total. The van der Waals surface area contributed by atoms with Crippen molar-refractivity contribution in [1.82, 2.24) is 4.90 Å². The molecule has 1 fully saturated rings. The number of hydrogen-bond acceptors (Lipinski definition) is 3. The third kappa shape index (κ3) is 3.65. The average Bonchev–Trinajstić information content (AvgIpc) is 1.82. The van der Waals surface area contributed by atoms with Gasteiger partial charge in [0.15, 0.2) is 0 Å². The van der Waals surface area contributed by atoms with Crippen LogP contribution >= 0.6 is 7.82 Å². The van der Waals surface area contributed by atoms with Crippen molar-refractivity contribution in [2.75, 3.05) is 20.1 Å². The van der Waals surface area contributed by atoms with Crippen LogP contribution < -0.4 is 0 Å². The zero-order valence-corrected chi connectivity index (χ0v) is 7.91. The highest BCUT2D eigenvalue weighted by molar-refractivity contribution is 7.46. The van der Waals surface area contributed by atoms with Crippen LogP contribution in [0.15, 0.2) is 0 Å². The molecule has 0 amide bonds. The number of nitrogens with zero attached hydrogens (tertiary/aromatic N) is 1. The first kappa shape index (κ1) is 10.2. The van der Waals surface area contributed by atoms with Crippen molar-refractivity contribution in [1.29, 1.82) is 0 Å². The van der Waals surface area contributed by atoms with E-state index in [4.69, 9.17) is 9.79 Å². The Bertz CT molecular complexity index is 192. The number of piperidine rings is 1. The fourth-order valence-corrected chi connectivity index (χ4v) is 1.96. The second-order valence-corrected chi connectivity index (χ2v) is 4.31. The zero-order valence-electron chi connectivity index (χ0n) is 7.01. The topological polar surface area (TPSA) is 70.0 Å². The zero-order chi connectivity index (χ0) is 9.19. The molecule has 0 aliphatic carbocycles. The van der Waals surface area contributed by atoms with Crippen molar-refractivity contribution < 1.29 is 18.9 Å². The fourth-order valence-electron chi connectivity index (χ4n) is 1.40. The van der Waals surface area contributed by atoms with Crippen LogP contribution in [0.25, 0.3) is 0 Å². The summed E-state index contributed by atoms with van der Waals surface area (Å²) >= 11 is 0. The average molecular weight is 195 g/mol. The van der Waals surface area contributed by atoms with Gasteiger partial charge >= 0.3 is 7.82 Å². The molecule has 0 saturated carbocycles. The molecule has 0 aromatic rings. The van der Waals surface area contributed by atoms with Crippen LogP contribution in [-0.4, -0.2) is 40.9 Å². The van der Waals surface area contributed by atoms with Crippen molar-refractivity contribution in [2.24, 2.45) is 0 Å². The molecule has 0 spiro atoms. The number of likely N-dealkylation sites (N-methyl/N-ethyl adjacent to an activating group) is 1. The van der Waals surface area contributed by atoms with Gasteiger partial charge in [-0.05, 0) is 26.4 Å². The van der Waals surface area contributed by atoms with Crippen molar-refractivity contribution in [2.45, 2.75) is 18.9 Å². The van der Waals surface area contributed by atoms with E-state index in [1.54, 1.807) is 0 Å². The molecular weight excluding hydrogens is 181 g/mol. The summed E-state index contributed by atoms with van der Waals surface area (Å²) < 4.78 is 15.0. The highest BCUT2D eigenvalue weighted by Crippen LogP contribution is 2.39. The van der Waals surface area contributed by atoms with E-state index in [2.05, 4.69) is 4.52 Å². The number of phosphoric acid groups is 1. The molecule has 6 heteroatoms. The molecular formula is C6H14NO4P. The minimum absolute atomic E-state index is 0.315. The maximum atomic E-state index is 10.5. The van der Waals surface area contributed by atoms with Crippen molar-refractivity contribution in [3.8, 4) is 0 Å². The second kappa shape index (κ2) is 3.85. The maximum Gasteiger partial charge on any atom is 0.469 e. The molecule has 1 aliphatic heterocycles. The Morgan fingerprint density at radius 3 is 2.75 bits per heavy atom. The van der Waals surface area contributed by atoms with Crippen molar-refractivity contribution in [3.63, 3.8) is 0 Å². The predicted octanol–water partition coefficient (Wildman–Crippen LogP) is 0.190. The van der Waals surface area contributed by atoms with Crippen LogP contribution in [0.5, 0.6) is 0 Å². The Morgan fingerprint density at radius 2 is 2.25 bits per heavy atom. The van der Waals surface area contributed by atoms with Gasteiger partial charge in [0.2, 0.25) is 0 Å². The van der Waals surface area contributed by atoms with E-state index in [9.17, 15) is 4.57 Å². The third-order valence-electron chi connectivity index (χ3n) is 1.87. The summed E-state index contributed by atoms with van der Waals surface area (Å²) in [6, 6.07) is 0. The van der Waals surface area contributed by atoms with E-state index in [1.165, 1.54) is 0 Å². The van der Waals surface area contributed by atoms with Gasteiger partial charge in [0.25, 0.3) is 0 Å². The van der Waals surface area contributed by atoms with Crippen LogP contribution in [0.2, 0.25) is 0 Å². The highest BCUT2D eigenvalue weighted by Gasteiger charge is 2.25. The first-order valence-electron chi connectivity index (χ1n) is 3.90. The van der Waals surface area contributed by atoms with E-state index < -0.39 is 7.82 Å². The highest BCUT2D eigenvalue weighted by atomic mass is 31.2. The van der Waals surface area contributed by atoms with E-state index in [-0.39, 0.29) is 6.10 Å². The van der Waals surface area contributed by atoms with Crippen molar-refractivity contribution >= 4 is 7.82 Å². The standard InChI is InChI=1S/C6H14NO4P/c1-7-4-2-3-6(5-7)11-12(8,9)10/h6H,2-5H2,1H3,(H2,8,9,10)/t6-/m0/s1. The number of hydrogen-bond donors (Lipinski definition) is 2. The van der Waals surface area contributed by atoms with Gasteiger partial charge < -0.3 is 14.7 Å². The second-order valence-electron chi connectivity index (χ2n) is 3.12. The smallest absolute Gasteiger partial charge is 0.304 e. The first-order valence-corrected chi connectivity index (χ1v) is 5.43. The van der Waals surface area contributed by atoms with Gasteiger partial charge in [0.05, 0.1) is 6.10 Å². The molecule has 0 aromatic heterocycles. The van der Waals surface area contributed by atoms with E-state index in [0.29, 0.717) is 6.54 Å². The molecule has 1 aliphatic rings. The fraction of sp³-hybridized carbons (Fsp3) is 1.00. The third-order valence-corrected chi connectivity index (χ3v) is 2.44. The van der Waals surface area contributed by atoms with E-state index in [0.717, 1.165) is 19.4 Å². The minimum Gasteiger partial charge on any atom is -0.304 e. The molecule has 1 atom stereocenters. The van der Waals surface area contributed by atoms with Gasteiger partial charge in [0, 0.05) is 6.54 Å².